The van der Waals surface area contributed by atoms with Crippen LogP contribution in [0.15, 0.2) is 72.8 Å². The molecule has 0 spiro atoms. The van der Waals surface area contributed by atoms with Gasteiger partial charge in [0, 0.05) is 31.7 Å². The lowest BCUT2D eigenvalue weighted by atomic mass is 10.0. The molecule has 4 rings (SSSR count). The van der Waals surface area contributed by atoms with Gasteiger partial charge < -0.3 is 24.6 Å². The van der Waals surface area contributed by atoms with Crippen molar-refractivity contribution >= 4 is 17.9 Å². The van der Waals surface area contributed by atoms with Crippen molar-refractivity contribution < 1.29 is 23.9 Å². The maximum atomic E-state index is 13.7. The minimum Gasteiger partial charge on any atom is -0.450 e. The molecule has 0 bridgehead atoms. The summed E-state index contributed by atoms with van der Waals surface area (Å²) in [5.74, 6) is -0.741. The van der Waals surface area contributed by atoms with Gasteiger partial charge in [0.15, 0.2) is 0 Å². The van der Waals surface area contributed by atoms with Crippen LogP contribution >= 0.6 is 0 Å². The van der Waals surface area contributed by atoms with Crippen molar-refractivity contribution in [2.45, 2.75) is 39.3 Å². The predicted octanol–water partition coefficient (Wildman–Crippen LogP) is 4.63. The van der Waals surface area contributed by atoms with Crippen molar-refractivity contribution in [3.05, 3.63) is 78.5 Å². The first kappa shape index (κ1) is 29.7. The van der Waals surface area contributed by atoms with E-state index in [4.69, 9.17) is 9.47 Å². The average molecular weight is 559 g/mol. The summed E-state index contributed by atoms with van der Waals surface area (Å²) in [7, 11) is 0. The molecule has 1 atom stereocenters. The highest BCUT2D eigenvalue weighted by molar-refractivity contribution is 5.97. The molecule has 0 aliphatic carbocycles. The molecule has 1 unspecified atom stereocenters. The fraction of sp³-hybridized carbons (Fsp3) is 0.375. The Hall–Kier alpha value is -4.24. The van der Waals surface area contributed by atoms with Crippen molar-refractivity contribution in [2.24, 2.45) is 0 Å². The molecule has 9 heteroatoms. The van der Waals surface area contributed by atoms with Crippen LogP contribution in [0.2, 0.25) is 0 Å². The lowest BCUT2D eigenvalue weighted by Gasteiger charge is -2.36. The van der Waals surface area contributed by atoms with Crippen molar-refractivity contribution in [2.75, 3.05) is 39.4 Å². The largest absolute Gasteiger partial charge is 0.450 e. The number of carbonyl (C=O) groups is 3. The molecule has 216 valence electrons. The predicted molar refractivity (Wildman–Crippen MR) is 157 cm³/mol. The zero-order valence-corrected chi connectivity index (χ0v) is 24.1. The molecule has 1 N–H and O–H groups in total. The van der Waals surface area contributed by atoms with E-state index in [1.165, 1.54) is 0 Å². The molecular weight excluding hydrogens is 520 g/mol. The van der Waals surface area contributed by atoms with Crippen LogP contribution in [0, 0.1) is 0 Å². The summed E-state index contributed by atoms with van der Waals surface area (Å²) < 4.78 is 11.0. The summed E-state index contributed by atoms with van der Waals surface area (Å²) in [5.41, 5.74) is 3.00. The maximum Gasteiger partial charge on any atom is 0.409 e. The van der Waals surface area contributed by atoms with Crippen LogP contribution in [0.1, 0.15) is 38.2 Å². The van der Waals surface area contributed by atoms with Gasteiger partial charge in [0.2, 0.25) is 5.91 Å². The maximum absolute atomic E-state index is 13.7. The number of amides is 3. The minimum absolute atomic E-state index is 0.00389. The Morgan fingerprint density at radius 2 is 1.44 bits per heavy atom. The molecule has 1 aliphatic heterocycles. The Morgan fingerprint density at radius 3 is 2.02 bits per heavy atom. The van der Waals surface area contributed by atoms with E-state index in [2.05, 4.69) is 10.3 Å². The normalized spacial score (nSPS) is 14.3. The van der Waals surface area contributed by atoms with E-state index in [1.54, 1.807) is 22.8 Å². The van der Waals surface area contributed by atoms with Gasteiger partial charge in [0.05, 0.1) is 24.5 Å². The van der Waals surface area contributed by atoms with Crippen LogP contribution in [0.25, 0.3) is 22.4 Å². The van der Waals surface area contributed by atoms with Crippen LogP contribution in [0.5, 0.6) is 0 Å². The molecule has 2 aromatic carbocycles. The Bertz CT molecular complexity index is 1280. The van der Waals surface area contributed by atoms with Crippen molar-refractivity contribution in [3.8, 4) is 22.4 Å². The molecule has 1 saturated heterocycles. The molecule has 3 amide bonds. The summed E-state index contributed by atoms with van der Waals surface area (Å²) in [6.45, 7) is 9.10. The van der Waals surface area contributed by atoms with E-state index in [9.17, 15) is 14.4 Å². The van der Waals surface area contributed by atoms with E-state index in [-0.39, 0.29) is 24.3 Å². The number of piperazine rings is 1. The number of nitrogens with one attached hydrogen (secondary N) is 1. The first-order valence-electron chi connectivity index (χ1n) is 13.9. The van der Waals surface area contributed by atoms with Crippen LogP contribution in [0.4, 0.5) is 4.79 Å². The Labute approximate surface area is 241 Å². The number of carbonyl (C=O) groups excluding carboxylic acids is 3. The lowest BCUT2D eigenvalue weighted by Crippen LogP contribution is -2.57. The Balaban J connectivity index is 1.58. The van der Waals surface area contributed by atoms with Crippen LogP contribution in [-0.4, -0.2) is 83.7 Å². The number of aromatic nitrogens is 1. The highest BCUT2D eigenvalue weighted by atomic mass is 16.6. The molecule has 1 aliphatic rings. The average Bonchev–Trinajstić information content (AvgIpc) is 2.99. The summed E-state index contributed by atoms with van der Waals surface area (Å²) in [6, 6.07) is 22.2. The van der Waals surface area contributed by atoms with E-state index in [1.807, 2.05) is 87.5 Å². The molecule has 0 saturated carbocycles. The van der Waals surface area contributed by atoms with Gasteiger partial charge in [-0.15, -0.1) is 0 Å². The van der Waals surface area contributed by atoms with Crippen LogP contribution < -0.4 is 5.32 Å². The Kier molecular flexibility index (Phi) is 9.73. The van der Waals surface area contributed by atoms with Crippen molar-refractivity contribution in [1.82, 2.24) is 20.1 Å². The van der Waals surface area contributed by atoms with Gasteiger partial charge in [-0.25, -0.2) is 9.78 Å². The minimum atomic E-state index is -0.932. The van der Waals surface area contributed by atoms with Gasteiger partial charge >= 0.3 is 6.09 Å². The molecule has 9 nitrogen and oxygen atoms in total. The number of ether oxygens (including phenoxy) is 2. The van der Waals surface area contributed by atoms with Gasteiger partial charge in [-0.1, -0.05) is 60.7 Å². The first-order chi connectivity index (χ1) is 19.6. The zero-order valence-electron chi connectivity index (χ0n) is 24.1. The third kappa shape index (κ3) is 8.14. The number of benzene rings is 2. The summed E-state index contributed by atoms with van der Waals surface area (Å²) >= 11 is 0. The van der Waals surface area contributed by atoms with Gasteiger partial charge in [-0.2, -0.15) is 0 Å². The third-order valence-corrected chi connectivity index (χ3v) is 6.64. The van der Waals surface area contributed by atoms with E-state index >= 15 is 0 Å². The second kappa shape index (κ2) is 13.4. The van der Waals surface area contributed by atoms with Crippen LogP contribution in [0.3, 0.4) is 0 Å². The highest BCUT2D eigenvalue weighted by Gasteiger charge is 2.32. The number of rotatable bonds is 8. The smallest absolute Gasteiger partial charge is 0.409 e. The van der Waals surface area contributed by atoms with Crippen molar-refractivity contribution in [3.63, 3.8) is 0 Å². The topological polar surface area (TPSA) is 101 Å². The first-order valence-corrected chi connectivity index (χ1v) is 13.9. The summed E-state index contributed by atoms with van der Waals surface area (Å²) in [4.78, 5) is 47.3. The molecule has 3 aromatic rings. The van der Waals surface area contributed by atoms with E-state index in [0.29, 0.717) is 38.5 Å². The van der Waals surface area contributed by atoms with Gasteiger partial charge in [-0.3, -0.25) is 9.59 Å². The summed E-state index contributed by atoms with van der Waals surface area (Å²) in [5, 5.41) is 2.89. The monoisotopic (exact) mass is 558 g/mol. The number of pyridine rings is 1. The lowest BCUT2D eigenvalue weighted by molar-refractivity contribution is -0.138. The third-order valence-electron chi connectivity index (χ3n) is 6.64. The molecule has 41 heavy (non-hydrogen) atoms. The van der Waals surface area contributed by atoms with E-state index < -0.39 is 17.6 Å². The SMILES string of the molecule is CCOC(=O)N1CCN(C(=O)C(COC(C)(C)C)NC(=O)c2cc(-c3ccccc3)cc(-c3ccccc3)n2)CC1. The highest BCUT2D eigenvalue weighted by Crippen LogP contribution is 2.26. The molecule has 1 aromatic heterocycles. The Morgan fingerprint density at radius 1 is 0.854 bits per heavy atom. The van der Waals surface area contributed by atoms with Gasteiger partial charge in [-0.05, 0) is 51.0 Å². The standard InChI is InChI=1S/C32H38N4O5/c1-5-40-31(39)36-18-16-35(17-19-36)30(38)28(22-41-32(2,3)4)34-29(37)27-21-25(23-12-8-6-9-13-23)20-26(33-27)24-14-10-7-11-15-24/h6-15,20-21,28H,5,16-19,22H2,1-4H3,(H,34,37). The van der Waals surface area contributed by atoms with E-state index in [0.717, 1.165) is 16.7 Å². The number of hydrogen-bond donors (Lipinski definition) is 1. The fourth-order valence-corrected chi connectivity index (χ4v) is 4.49. The second-order valence-electron chi connectivity index (χ2n) is 10.8. The van der Waals surface area contributed by atoms with Crippen LogP contribution in [-0.2, 0) is 14.3 Å². The fourth-order valence-electron chi connectivity index (χ4n) is 4.49. The quantitative estimate of drug-likeness (QED) is 0.433. The number of nitrogens with zero attached hydrogens (tertiary/aromatic N) is 3. The molecule has 0 radical (unpaired) electrons. The molecule has 1 fully saturated rings. The van der Waals surface area contributed by atoms with Gasteiger partial charge in [0.25, 0.3) is 5.91 Å². The second-order valence-corrected chi connectivity index (χ2v) is 10.8. The molecular formula is C32H38N4O5. The van der Waals surface area contributed by atoms with Crippen molar-refractivity contribution in [1.29, 1.82) is 0 Å². The summed E-state index contributed by atoms with van der Waals surface area (Å²) in [6.07, 6.45) is -0.390. The zero-order chi connectivity index (χ0) is 29.4. The van der Waals surface area contributed by atoms with Gasteiger partial charge in [0.1, 0.15) is 11.7 Å². The molecule has 2 heterocycles. The number of hydrogen-bond acceptors (Lipinski definition) is 6.